The van der Waals surface area contributed by atoms with E-state index in [4.69, 9.17) is 10.5 Å². The van der Waals surface area contributed by atoms with Crippen LogP contribution in [0.1, 0.15) is 24.8 Å². The number of benzene rings is 1. The fraction of sp³-hybridized carbons (Fsp3) is 0.600. The van der Waals surface area contributed by atoms with Crippen LogP contribution in [-0.2, 0) is 11.2 Å². The van der Waals surface area contributed by atoms with Gasteiger partial charge in [0, 0.05) is 25.9 Å². The van der Waals surface area contributed by atoms with Crippen molar-refractivity contribution in [2.45, 2.75) is 31.8 Å². The topological polar surface area (TPSA) is 38.5 Å². The van der Waals surface area contributed by atoms with Gasteiger partial charge in [0.1, 0.15) is 5.82 Å². The summed E-state index contributed by atoms with van der Waals surface area (Å²) in [4.78, 5) is 2.15. The number of likely N-dealkylation sites (N-methyl/N-ethyl adjacent to an activating group) is 1. The van der Waals surface area contributed by atoms with Crippen molar-refractivity contribution in [3.8, 4) is 0 Å². The maximum atomic E-state index is 13.3. The zero-order chi connectivity index (χ0) is 13.7. The third-order valence-corrected chi connectivity index (χ3v) is 3.62. The normalized spacial score (nSPS) is 19.4. The zero-order valence-corrected chi connectivity index (χ0v) is 11.6. The second-order valence-electron chi connectivity index (χ2n) is 5.18. The lowest BCUT2D eigenvalue weighted by molar-refractivity contribution is 0.0216. The number of hydrogen-bond acceptors (Lipinski definition) is 3. The number of ether oxygens (including phenoxy) is 1. The predicted molar refractivity (Wildman–Crippen MR) is 76.0 cm³/mol. The highest BCUT2D eigenvalue weighted by molar-refractivity contribution is 5.53. The monoisotopic (exact) mass is 266 g/mol. The molecule has 0 spiro atoms. The predicted octanol–water partition coefficient (Wildman–Crippen LogP) is 2.33. The summed E-state index contributed by atoms with van der Waals surface area (Å²) in [5.74, 6) is -0.200. The van der Waals surface area contributed by atoms with E-state index in [1.54, 1.807) is 6.07 Å². The Morgan fingerprint density at radius 1 is 1.42 bits per heavy atom. The summed E-state index contributed by atoms with van der Waals surface area (Å²) in [5.41, 5.74) is 7.63. The molecular weight excluding hydrogens is 243 g/mol. The highest BCUT2D eigenvalue weighted by Gasteiger charge is 2.17. The van der Waals surface area contributed by atoms with Crippen LogP contribution in [0.2, 0.25) is 0 Å². The first kappa shape index (κ1) is 14.3. The van der Waals surface area contributed by atoms with Gasteiger partial charge in [-0.2, -0.15) is 0 Å². The van der Waals surface area contributed by atoms with Gasteiger partial charge in [0.05, 0.1) is 6.10 Å². The molecule has 3 nitrogen and oxygen atoms in total. The Morgan fingerprint density at radius 2 is 2.26 bits per heavy atom. The van der Waals surface area contributed by atoms with Crippen molar-refractivity contribution < 1.29 is 9.13 Å². The first-order chi connectivity index (χ1) is 9.20. The van der Waals surface area contributed by atoms with Gasteiger partial charge in [-0.1, -0.05) is 0 Å². The van der Waals surface area contributed by atoms with Crippen LogP contribution >= 0.6 is 0 Å². The molecule has 1 aliphatic rings. The summed E-state index contributed by atoms with van der Waals surface area (Å²) >= 11 is 0. The maximum absolute atomic E-state index is 13.3. The Labute approximate surface area is 114 Å². The highest BCUT2D eigenvalue weighted by Crippen LogP contribution is 2.23. The van der Waals surface area contributed by atoms with E-state index in [0.29, 0.717) is 13.0 Å². The summed E-state index contributed by atoms with van der Waals surface area (Å²) in [7, 11) is 2.03. The van der Waals surface area contributed by atoms with E-state index in [1.807, 2.05) is 13.1 Å². The second kappa shape index (κ2) is 6.87. The fourth-order valence-electron chi connectivity index (χ4n) is 2.64. The molecule has 0 radical (unpaired) electrons. The van der Waals surface area contributed by atoms with Gasteiger partial charge in [0.2, 0.25) is 0 Å². The van der Waals surface area contributed by atoms with Crippen LogP contribution in [0.5, 0.6) is 0 Å². The summed E-state index contributed by atoms with van der Waals surface area (Å²) in [6, 6.07) is 4.93. The van der Waals surface area contributed by atoms with Gasteiger partial charge in [0.25, 0.3) is 0 Å². The smallest absolute Gasteiger partial charge is 0.123 e. The highest BCUT2D eigenvalue weighted by atomic mass is 19.1. The Hall–Kier alpha value is -1.13. The Balaban J connectivity index is 2.06. The summed E-state index contributed by atoms with van der Waals surface area (Å²) < 4.78 is 19.1. The SMILES string of the molecule is CN(CC1CCCCO1)c1ccc(F)cc1CCN. The van der Waals surface area contributed by atoms with Crippen LogP contribution in [0, 0.1) is 5.82 Å². The van der Waals surface area contributed by atoms with Crippen molar-refractivity contribution in [3.63, 3.8) is 0 Å². The van der Waals surface area contributed by atoms with Gasteiger partial charge in [-0.25, -0.2) is 4.39 Å². The molecule has 4 heteroatoms. The molecule has 2 N–H and O–H groups in total. The number of halogens is 1. The zero-order valence-electron chi connectivity index (χ0n) is 11.6. The minimum absolute atomic E-state index is 0.200. The van der Waals surface area contributed by atoms with Crippen LogP contribution in [0.15, 0.2) is 18.2 Å². The van der Waals surface area contributed by atoms with E-state index in [1.165, 1.54) is 12.5 Å². The molecule has 106 valence electrons. The molecule has 1 fully saturated rings. The summed E-state index contributed by atoms with van der Waals surface area (Å²) in [6.45, 7) is 2.24. The standard InChI is InChI=1S/C15H23FN2O/c1-18(11-14-4-2-3-9-19-14)15-6-5-13(16)10-12(15)7-8-17/h5-6,10,14H,2-4,7-9,11,17H2,1H3. The number of hydrogen-bond donors (Lipinski definition) is 1. The van der Waals surface area contributed by atoms with Gasteiger partial charge in [0.15, 0.2) is 0 Å². The Kier molecular flexibility index (Phi) is 5.16. The molecule has 19 heavy (non-hydrogen) atoms. The number of anilines is 1. The molecule has 0 amide bonds. The van der Waals surface area contributed by atoms with Crippen LogP contribution in [0.25, 0.3) is 0 Å². The number of nitrogens with two attached hydrogens (primary N) is 1. The molecule has 1 aromatic carbocycles. The van der Waals surface area contributed by atoms with Gasteiger partial charge in [-0.05, 0) is 56.0 Å². The maximum Gasteiger partial charge on any atom is 0.123 e. The van der Waals surface area contributed by atoms with E-state index in [0.717, 1.165) is 37.2 Å². The molecule has 1 atom stereocenters. The van der Waals surface area contributed by atoms with Crippen molar-refractivity contribution in [2.75, 3.05) is 31.6 Å². The molecule has 2 rings (SSSR count). The van der Waals surface area contributed by atoms with Crippen molar-refractivity contribution in [1.82, 2.24) is 0 Å². The molecule has 0 aromatic heterocycles. The van der Waals surface area contributed by atoms with Gasteiger partial charge in [-0.3, -0.25) is 0 Å². The molecule has 1 saturated heterocycles. The Bertz CT molecular complexity index is 405. The van der Waals surface area contributed by atoms with Crippen LogP contribution < -0.4 is 10.6 Å². The van der Waals surface area contributed by atoms with Crippen molar-refractivity contribution in [2.24, 2.45) is 5.73 Å². The van der Waals surface area contributed by atoms with Crippen molar-refractivity contribution >= 4 is 5.69 Å². The minimum atomic E-state index is -0.200. The molecule has 1 unspecified atom stereocenters. The van der Waals surface area contributed by atoms with Gasteiger partial charge >= 0.3 is 0 Å². The van der Waals surface area contributed by atoms with E-state index in [9.17, 15) is 4.39 Å². The second-order valence-corrected chi connectivity index (χ2v) is 5.18. The molecule has 1 aromatic rings. The summed E-state index contributed by atoms with van der Waals surface area (Å²) in [5, 5.41) is 0. The quantitative estimate of drug-likeness (QED) is 0.889. The van der Waals surface area contributed by atoms with Gasteiger partial charge < -0.3 is 15.4 Å². The van der Waals surface area contributed by atoms with Crippen LogP contribution in [-0.4, -0.2) is 32.8 Å². The minimum Gasteiger partial charge on any atom is -0.376 e. The lowest BCUT2D eigenvalue weighted by atomic mass is 10.1. The first-order valence-corrected chi connectivity index (χ1v) is 7.02. The van der Waals surface area contributed by atoms with E-state index < -0.39 is 0 Å². The molecule has 1 aliphatic heterocycles. The van der Waals surface area contributed by atoms with Crippen molar-refractivity contribution in [1.29, 1.82) is 0 Å². The Morgan fingerprint density at radius 3 is 2.95 bits per heavy atom. The first-order valence-electron chi connectivity index (χ1n) is 7.02. The lowest BCUT2D eigenvalue weighted by Gasteiger charge is -2.30. The van der Waals surface area contributed by atoms with Crippen LogP contribution in [0.3, 0.4) is 0 Å². The molecule has 0 bridgehead atoms. The molecule has 0 saturated carbocycles. The molecular formula is C15H23FN2O. The van der Waals surface area contributed by atoms with E-state index >= 15 is 0 Å². The van der Waals surface area contributed by atoms with E-state index in [-0.39, 0.29) is 11.9 Å². The largest absolute Gasteiger partial charge is 0.376 e. The average Bonchev–Trinajstić information content (AvgIpc) is 2.40. The van der Waals surface area contributed by atoms with Crippen molar-refractivity contribution in [3.05, 3.63) is 29.6 Å². The third kappa shape index (κ3) is 3.91. The average molecular weight is 266 g/mol. The van der Waals surface area contributed by atoms with Crippen LogP contribution in [0.4, 0.5) is 10.1 Å². The van der Waals surface area contributed by atoms with E-state index in [2.05, 4.69) is 4.90 Å². The number of nitrogens with zero attached hydrogens (tertiary/aromatic N) is 1. The molecule has 1 heterocycles. The molecule has 0 aliphatic carbocycles. The lowest BCUT2D eigenvalue weighted by Crippen LogP contribution is -2.33. The number of rotatable bonds is 5. The third-order valence-electron chi connectivity index (χ3n) is 3.62. The van der Waals surface area contributed by atoms with Gasteiger partial charge in [-0.15, -0.1) is 0 Å². The fourth-order valence-corrected chi connectivity index (χ4v) is 2.64. The summed E-state index contributed by atoms with van der Waals surface area (Å²) in [6.07, 6.45) is 4.49.